The topological polar surface area (TPSA) is 55.1 Å². The Morgan fingerprint density at radius 1 is 1.62 bits per heavy atom. The Morgan fingerprint density at radius 3 is 2.75 bits per heavy atom. The predicted octanol–water partition coefficient (Wildman–Crippen LogP) is 2.09. The number of amides is 1. The Labute approximate surface area is 108 Å². The van der Waals surface area contributed by atoms with Crippen LogP contribution in [0.25, 0.3) is 0 Å². The van der Waals surface area contributed by atoms with Gasteiger partial charge in [-0.2, -0.15) is 0 Å². The van der Waals surface area contributed by atoms with E-state index >= 15 is 0 Å². The number of hydrogen-bond acceptors (Lipinski definition) is 2. The molecule has 0 fully saturated rings. The van der Waals surface area contributed by atoms with Crippen molar-refractivity contribution in [2.75, 3.05) is 6.54 Å². The minimum absolute atomic E-state index is 0. The number of carbonyl (C=O) groups excluding carboxylic acids is 1. The molecule has 0 saturated heterocycles. The summed E-state index contributed by atoms with van der Waals surface area (Å²) < 4.78 is 13.2. The molecule has 0 aliphatic heterocycles. The molecule has 0 aliphatic carbocycles. The predicted molar refractivity (Wildman–Crippen MR) is 67.3 cm³/mol. The molecular weight excluding hydrogens is 298 g/mol. The first-order valence-electron chi connectivity index (χ1n) is 4.50. The van der Waals surface area contributed by atoms with Crippen LogP contribution >= 0.6 is 28.3 Å². The molecule has 0 radical (unpaired) electrons. The second-order valence-electron chi connectivity index (χ2n) is 3.24. The van der Waals surface area contributed by atoms with Gasteiger partial charge in [-0.15, -0.1) is 12.4 Å². The van der Waals surface area contributed by atoms with Gasteiger partial charge in [0.1, 0.15) is 5.82 Å². The largest absolute Gasteiger partial charge is 0.348 e. The van der Waals surface area contributed by atoms with Crippen LogP contribution in [-0.2, 0) is 0 Å². The lowest BCUT2D eigenvalue weighted by Gasteiger charge is -2.11. The highest BCUT2D eigenvalue weighted by Crippen LogP contribution is 2.16. The van der Waals surface area contributed by atoms with Gasteiger partial charge in [0.15, 0.2) is 0 Å². The van der Waals surface area contributed by atoms with Crippen molar-refractivity contribution in [2.45, 2.75) is 13.0 Å². The van der Waals surface area contributed by atoms with E-state index in [1.807, 2.05) is 0 Å². The molecule has 1 aromatic rings. The molecular formula is C10H13BrClFN2O. The summed E-state index contributed by atoms with van der Waals surface area (Å²) in [6.45, 7) is 2.17. The lowest BCUT2D eigenvalue weighted by atomic mass is 10.2. The van der Waals surface area contributed by atoms with Gasteiger partial charge in [-0.05, 0) is 41.1 Å². The van der Waals surface area contributed by atoms with Crippen LogP contribution in [0.3, 0.4) is 0 Å². The van der Waals surface area contributed by atoms with Crippen molar-refractivity contribution in [2.24, 2.45) is 5.73 Å². The first kappa shape index (κ1) is 15.3. The van der Waals surface area contributed by atoms with Crippen molar-refractivity contribution in [3.63, 3.8) is 0 Å². The van der Waals surface area contributed by atoms with Crippen molar-refractivity contribution < 1.29 is 9.18 Å². The number of carbonyl (C=O) groups is 1. The first-order chi connectivity index (χ1) is 7.04. The summed E-state index contributed by atoms with van der Waals surface area (Å²) in [4.78, 5) is 11.6. The molecule has 1 aromatic carbocycles. The van der Waals surface area contributed by atoms with Gasteiger partial charge in [0, 0.05) is 18.2 Å². The number of benzene rings is 1. The van der Waals surface area contributed by atoms with E-state index in [9.17, 15) is 9.18 Å². The Hall–Kier alpha value is -0.650. The van der Waals surface area contributed by atoms with Gasteiger partial charge in [0.05, 0.1) is 4.47 Å². The molecule has 0 heterocycles. The van der Waals surface area contributed by atoms with E-state index in [-0.39, 0.29) is 28.8 Å². The highest BCUT2D eigenvalue weighted by Gasteiger charge is 2.10. The summed E-state index contributed by atoms with van der Waals surface area (Å²) in [5.41, 5.74) is 5.77. The fraction of sp³-hybridized carbons (Fsp3) is 0.300. The maximum atomic E-state index is 12.9. The van der Waals surface area contributed by atoms with Crippen LogP contribution in [0.5, 0.6) is 0 Å². The smallest absolute Gasteiger partial charge is 0.251 e. The molecule has 3 nitrogen and oxygen atoms in total. The van der Waals surface area contributed by atoms with Gasteiger partial charge in [-0.25, -0.2) is 4.39 Å². The van der Waals surface area contributed by atoms with Crippen LogP contribution in [0.4, 0.5) is 4.39 Å². The van der Waals surface area contributed by atoms with Gasteiger partial charge < -0.3 is 11.1 Å². The molecule has 0 aliphatic rings. The minimum Gasteiger partial charge on any atom is -0.348 e. The zero-order chi connectivity index (χ0) is 11.4. The van der Waals surface area contributed by atoms with Gasteiger partial charge in [-0.3, -0.25) is 4.79 Å². The molecule has 3 N–H and O–H groups in total. The van der Waals surface area contributed by atoms with E-state index in [0.717, 1.165) is 0 Å². The average Bonchev–Trinajstić information content (AvgIpc) is 2.21. The molecule has 90 valence electrons. The number of nitrogens with one attached hydrogen (secondary N) is 1. The molecule has 1 rings (SSSR count). The van der Waals surface area contributed by atoms with Crippen LogP contribution in [0.2, 0.25) is 0 Å². The second-order valence-corrected chi connectivity index (χ2v) is 4.09. The Bertz CT molecular complexity index is 376. The molecule has 6 heteroatoms. The van der Waals surface area contributed by atoms with Crippen molar-refractivity contribution >= 4 is 34.2 Å². The zero-order valence-corrected chi connectivity index (χ0v) is 11.1. The quantitative estimate of drug-likeness (QED) is 0.898. The summed E-state index contributed by atoms with van der Waals surface area (Å²) in [5, 5.41) is 2.69. The first-order valence-corrected chi connectivity index (χ1v) is 5.30. The lowest BCUT2D eigenvalue weighted by molar-refractivity contribution is 0.0941. The Balaban J connectivity index is 0.00000225. The molecule has 1 amide bonds. The Morgan fingerprint density at radius 2 is 2.25 bits per heavy atom. The summed E-state index contributed by atoms with van der Waals surface area (Å²) in [7, 11) is 0. The van der Waals surface area contributed by atoms with Gasteiger partial charge in [0.25, 0.3) is 5.91 Å². The van der Waals surface area contributed by atoms with Crippen molar-refractivity contribution in [3.05, 3.63) is 34.1 Å². The van der Waals surface area contributed by atoms with Crippen LogP contribution in [0.1, 0.15) is 17.3 Å². The number of halogens is 3. The van der Waals surface area contributed by atoms with Crippen molar-refractivity contribution in [3.8, 4) is 0 Å². The van der Waals surface area contributed by atoms with Gasteiger partial charge >= 0.3 is 0 Å². The van der Waals surface area contributed by atoms with Crippen LogP contribution < -0.4 is 11.1 Å². The molecule has 1 atom stereocenters. The Kier molecular flexibility index (Phi) is 6.55. The van der Waals surface area contributed by atoms with E-state index in [4.69, 9.17) is 5.73 Å². The highest BCUT2D eigenvalue weighted by atomic mass is 79.9. The fourth-order valence-corrected chi connectivity index (χ4v) is 1.38. The summed E-state index contributed by atoms with van der Waals surface area (Å²) >= 11 is 3.02. The fourth-order valence-electron chi connectivity index (χ4n) is 1.00. The molecule has 16 heavy (non-hydrogen) atoms. The van der Waals surface area contributed by atoms with Crippen molar-refractivity contribution in [1.29, 1.82) is 0 Å². The zero-order valence-electron chi connectivity index (χ0n) is 8.67. The van der Waals surface area contributed by atoms with Crippen molar-refractivity contribution in [1.82, 2.24) is 5.32 Å². The van der Waals surface area contributed by atoms with E-state index in [1.54, 1.807) is 6.92 Å². The summed E-state index contributed by atoms with van der Waals surface area (Å²) in [6, 6.07) is 4.01. The maximum absolute atomic E-state index is 12.9. The SMILES string of the molecule is C[C@H](CN)NC(=O)c1ccc(F)c(Br)c1.Cl. The lowest BCUT2D eigenvalue weighted by Crippen LogP contribution is -2.37. The van der Waals surface area contributed by atoms with E-state index in [0.29, 0.717) is 12.1 Å². The summed E-state index contributed by atoms with van der Waals surface area (Å²) in [6.07, 6.45) is 0. The van der Waals surface area contributed by atoms with E-state index < -0.39 is 5.82 Å². The average molecular weight is 312 g/mol. The number of nitrogens with two attached hydrogens (primary N) is 1. The monoisotopic (exact) mass is 310 g/mol. The number of hydrogen-bond donors (Lipinski definition) is 2. The van der Waals surface area contributed by atoms with Gasteiger partial charge in [0.2, 0.25) is 0 Å². The van der Waals surface area contributed by atoms with Crippen LogP contribution in [-0.4, -0.2) is 18.5 Å². The second kappa shape index (κ2) is 6.83. The summed E-state index contributed by atoms with van der Waals surface area (Å²) in [5.74, 6) is -0.646. The van der Waals surface area contributed by atoms with Crippen LogP contribution in [0, 0.1) is 5.82 Å². The standard InChI is InChI=1S/C10H12BrFN2O.ClH/c1-6(5-13)14-10(15)7-2-3-9(12)8(11)4-7;/h2-4,6H,5,13H2,1H3,(H,14,15);1H/t6-;/m1./s1. The highest BCUT2D eigenvalue weighted by molar-refractivity contribution is 9.10. The van der Waals surface area contributed by atoms with Gasteiger partial charge in [-0.1, -0.05) is 0 Å². The molecule has 0 unspecified atom stereocenters. The van der Waals surface area contributed by atoms with E-state index in [2.05, 4.69) is 21.2 Å². The number of rotatable bonds is 3. The van der Waals surface area contributed by atoms with E-state index in [1.165, 1.54) is 18.2 Å². The minimum atomic E-state index is -0.390. The molecule has 0 saturated carbocycles. The molecule has 0 spiro atoms. The molecule has 0 aromatic heterocycles. The normalized spacial score (nSPS) is 11.5. The third-order valence-electron chi connectivity index (χ3n) is 1.91. The third-order valence-corrected chi connectivity index (χ3v) is 2.52. The maximum Gasteiger partial charge on any atom is 0.251 e. The van der Waals surface area contributed by atoms with Crippen LogP contribution in [0.15, 0.2) is 22.7 Å². The molecule has 0 bridgehead atoms. The third kappa shape index (κ3) is 4.08.